The molecule has 0 aromatic heterocycles. The fourth-order valence-corrected chi connectivity index (χ4v) is 2.65. The second kappa shape index (κ2) is 7.87. The van der Waals surface area contributed by atoms with E-state index in [0.717, 1.165) is 6.42 Å². The maximum absolute atomic E-state index is 9.77. The van der Waals surface area contributed by atoms with Crippen molar-refractivity contribution < 1.29 is 34.8 Å². The van der Waals surface area contributed by atoms with Crippen LogP contribution in [0.3, 0.4) is 0 Å². The van der Waals surface area contributed by atoms with Crippen molar-refractivity contribution in [1.82, 2.24) is 4.90 Å². The molecule has 2 heterocycles. The van der Waals surface area contributed by atoms with Crippen LogP contribution in [0.2, 0.25) is 0 Å². The number of carboxylic acid groups (broad SMARTS) is 2. The molecule has 1 spiro atoms. The minimum absolute atomic E-state index is 0.156. The van der Waals surface area contributed by atoms with Crippen LogP contribution in [0.5, 0.6) is 0 Å². The molecule has 3 unspecified atom stereocenters. The Balaban J connectivity index is 0.000000241. The van der Waals surface area contributed by atoms with E-state index in [2.05, 4.69) is 25.5 Å². The second-order valence-electron chi connectivity index (χ2n) is 6.15. The van der Waals surface area contributed by atoms with Gasteiger partial charge in [0.2, 0.25) is 0 Å². The van der Waals surface area contributed by atoms with E-state index in [-0.39, 0.29) is 11.7 Å². The minimum atomic E-state index is -2.27. The highest BCUT2D eigenvalue weighted by molar-refractivity contribution is 5.83. The molecule has 0 aromatic carbocycles. The van der Waals surface area contributed by atoms with Gasteiger partial charge in [-0.25, -0.2) is 9.59 Å². The summed E-state index contributed by atoms with van der Waals surface area (Å²) < 4.78 is 6.02. The summed E-state index contributed by atoms with van der Waals surface area (Å²) in [6, 6.07) is 0. The normalized spacial score (nSPS) is 26.3. The molecule has 0 amide bonds. The molecule has 2 fully saturated rings. The van der Waals surface area contributed by atoms with Gasteiger partial charge in [0.15, 0.2) is 12.2 Å². The molecule has 0 saturated carbocycles. The van der Waals surface area contributed by atoms with Gasteiger partial charge in [-0.05, 0) is 38.8 Å². The van der Waals surface area contributed by atoms with Crippen LogP contribution in [0.4, 0.5) is 0 Å². The molecule has 2 saturated heterocycles. The first-order valence-electron chi connectivity index (χ1n) is 7.44. The van der Waals surface area contributed by atoms with Crippen molar-refractivity contribution in [3.8, 4) is 0 Å². The number of rotatable bonds is 3. The lowest BCUT2D eigenvalue weighted by Gasteiger charge is -2.37. The SMILES string of the molecule is C=C1CC2(CCN(C)CC2)OC1C.O=C(O)C(O)C(O)C(=O)O. The third-order valence-corrected chi connectivity index (χ3v) is 4.25. The van der Waals surface area contributed by atoms with E-state index in [0.29, 0.717) is 0 Å². The molecule has 8 heteroatoms. The first-order valence-corrected chi connectivity index (χ1v) is 7.44. The summed E-state index contributed by atoms with van der Waals surface area (Å²) in [5.74, 6) is -3.54. The van der Waals surface area contributed by atoms with Crippen LogP contribution in [-0.4, -0.2) is 81.3 Å². The van der Waals surface area contributed by atoms with Crippen molar-refractivity contribution in [3.05, 3.63) is 12.2 Å². The van der Waals surface area contributed by atoms with Gasteiger partial charge in [-0.15, -0.1) is 0 Å². The molecule has 4 N–H and O–H groups in total. The summed E-state index contributed by atoms with van der Waals surface area (Å²) in [5, 5.41) is 32.5. The molecule has 0 bridgehead atoms. The highest BCUT2D eigenvalue weighted by Crippen LogP contribution is 2.40. The van der Waals surface area contributed by atoms with Crippen molar-refractivity contribution in [3.63, 3.8) is 0 Å². The Labute approximate surface area is 135 Å². The quantitative estimate of drug-likeness (QED) is 0.519. The van der Waals surface area contributed by atoms with Gasteiger partial charge in [0.25, 0.3) is 0 Å². The van der Waals surface area contributed by atoms with Gasteiger partial charge in [0.1, 0.15) is 0 Å². The number of aliphatic hydroxyl groups excluding tert-OH is 2. The monoisotopic (exact) mass is 331 g/mol. The number of carboxylic acids is 2. The average Bonchev–Trinajstić information content (AvgIpc) is 2.76. The van der Waals surface area contributed by atoms with Gasteiger partial charge >= 0.3 is 11.9 Å². The molecule has 132 valence electrons. The largest absolute Gasteiger partial charge is 0.479 e. The smallest absolute Gasteiger partial charge is 0.335 e. The van der Waals surface area contributed by atoms with Crippen LogP contribution < -0.4 is 0 Å². The van der Waals surface area contributed by atoms with E-state index in [1.807, 2.05) is 0 Å². The van der Waals surface area contributed by atoms with Gasteiger partial charge in [-0.3, -0.25) is 0 Å². The molecular formula is C15H25NO7. The van der Waals surface area contributed by atoms with Crippen LogP contribution in [0.15, 0.2) is 12.2 Å². The maximum Gasteiger partial charge on any atom is 0.335 e. The van der Waals surface area contributed by atoms with E-state index >= 15 is 0 Å². The second-order valence-corrected chi connectivity index (χ2v) is 6.15. The van der Waals surface area contributed by atoms with Gasteiger partial charge in [0, 0.05) is 13.1 Å². The van der Waals surface area contributed by atoms with Gasteiger partial charge in [0.05, 0.1) is 11.7 Å². The number of hydrogen-bond acceptors (Lipinski definition) is 6. The highest BCUT2D eigenvalue weighted by atomic mass is 16.5. The lowest BCUT2D eigenvalue weighted by atomic mass is 9.87. The first kappa shape index (κ1) is 19.6. The molecule has 0 radical (unpaired) electrons. The summed E-state index contributed by atoms with van der Waals surface area (Å²) >= 11 is 0. The molecule has 2 rings (SSSR count). The topological polar surface area (TPSA) is 128 Å². The lowest BCUT2D eigenvalue weighted by molar-refractivity contribution is -0.165. The van der Waals surface area contributed by atoms with E-state index < -0.39 is 24.1 Å². The zero-order valence-electron chi connectivity index (χ0n) is 13.4. The Hall–Kier alpha value is -1.48. The van der Waals surface area contributed by atoms with Crippen LogP contribution in [0.25, 0.3) is 0 Å². The Bertz CT molecular complexity index is 439. The van der Waals surface area contributed by atoms with Crippen molar-refractivity contribution in [2.24, 2.45) is 0 Å². The number of carbonyl (C=O) groups is 2. The van der Waals surface area contributed by atoms with Crippen molar-refractivity contribution in [1.29, 1.82) is 0 Å². The summed E-state index contributed by atoms with van der Waals surface area (Å²) in [6.07, 6.45) is -0.819. The van der Waals surface area contributed by atoms with Crippen LogP contribution >= 0.6 is 0 Å². The molecule has 0 aliphatic carbocycles. The zero-order chi connectivity index (χ0) is 17.8. The molecule has 23 heavy (non-hydrogen) atoms. The standard InChI is InChI=1S/C11H19NO.C4H6O6/c1-9-8-11(13-10(9)2)4-6-12(3)7-5-11;5-1(3(7)8)2(6)4(9)10/h10H,1,4-8H2,2-3H3;1-2,5-6H,(H,7,8)(H,9,10). The number of nitrogens with zero attached hydrogens (tertiary/aromatic N) is 1. The summed E-state index contributed by atoms with van der Waals surface area (Å²) in [4.78, 5) is 21.9. The predicted octanol–water partition coefficient (Wildman–Crippen LogP) is -0.307. The molecule has 3 atom stereocenters. The van der Waals surface area contributed by atoms with Gasteiger partial charge in [-0.2, -0.15) is 0 Å². The Morgan fingerprint density at radius 2 is 1.65 bits per heavy atom. The first-order chi connectivity index (χ1) is 10.6. The fourth-order valence-electron chi connectivity index (χ4n) is 2.65. The van der Waals surface area contributed by atoms with Gasteiger partial charge < -0.3 is 30.1 Å². The number of likely N-dealkylation sites (tertiary alicyclic amines) is 1. The van der Waals surface area contributed by atoms with E-state index in [9.17, 15) is 9.59 Å². The van der Waals surface area contributed by atoms with Crippen LogP contribution in [0.1, 0.15) is 26.2 Å². The molecule has 0 aromatic rings. The van der Waals surface area contributed by atoms with Crippen molar-refractivity contribution in [2.45, 2.75) is 50.1 Å². The molecule has 2 aliphatic rings. The van der Waals surface area contributed by atoms with Crippen LogP contribution in [-0.2, 0) is 14.3 Å². The number of aliphatic carboxylic acids is 2. The van der Waals surface area contributed by atoms with E-state index in [4.69, 9.17) is 25.2 Å². The summed E-state index contributed by atoms with van der Waals surface area (Å²) in [7, 11) is 2.18. The van der Waals surface area contributed by atoms with E-state index in [1.165, 1.54) is 31.5 Å². The average molecular weight is 331 g/mol. The Kier molecular flexibility index (Phi) is 6.69. The molecular weight excluding hydrogens is 306 g/mol. The lowest BCUT2D eigenvalue weighted by Crippen LogP contribution is -2.42. The fraction of sp³-hybridized carbons (Fsp3) is 0.733. The third-order valence-electron chi connectivity index (χ3n) is 4.25. The number of piperidine rings is 1. The summed E-state index contributed by atoms with van der Waals surface area (Å²) in [5.41, 5.74) is 1.44. The third kappa shape index (κ3) is 5.28. The zero-order valence-corrected chi connectivity index (χ0v) is 13.4. The Morgan fingerprint density at radius 3 is 1.96 bits per heavy atom. The Morgan fingerprint density at radius 1 is 1.22 bits per heavy atom. The van der Waals surface area contributed by atoms with Crippen molar-refractivity contribution >= 4 is 11.9 Å². The molecule has 2 aliphatic heterocycles. The molecule has 8 nitrogen and oxygen atoms in total. The number of aliphatic hydroxyl groups is 2. The highest BCUT2D eigenvalue weighted by Gasteiger charge is 2.42. The number of hydrogen-bond donors (Lipinski definition) is 4. The number of ether oxygens (including phenoxy) is 1. The summed E-state index contributed by atoms with van der Waals surface area (Å²) in [6.45, 7) is 8.52. The predicted molar refractivity (Wildman–Crippen MR) is 81.1 cm³/mol. The maximum atomic E-state index is 9.77. The van der Waals surface area contributed by atoms with E-state index in [1.54, 1.807) is 0 Å². The van der Waals surface area contributed by atoms with Gasteiger partial charge in [-0.1, -0.05) is 6.58 Å². The van der Waals surface area contributed by atoms with Crippen LogP contribution in [0, 0.1) is 0 Å². The van der Waals surface area contributed by atoms with Crippen molar-refractivity contribution in [2.75, 3.05) is 20.1 Å². The minimum Gasteiger partial charge on any atom is -0.479 e.